The van der Waals surface area contributed by atoms with Crippen LogP contribution in [-0.2, 0) is 4.79 Å². The molecule has 0 aromatic carbocycles. The van der Waals surface area contributed by atoms with E-state index >= 15 is 0 Å². The van der Waals surface area contributed by atoms with Crippen molar-refractivity contribution >= 4 is 29.1 Å². The summed E-state index contributed by atoms with van der Waals surface area (Å²) in [5, 5.41) is 6.20. The minimum Gasteiger partial charge on any atom is -0.353 e. The number of piperidine rings is 1. The molecule has 0 atom stereocenters. The molecule has 160 valence electrons. The molecule has 0 spiro atoms. The highest BCUT2D eigenvalue weighted by atomic mass is 32.1. The second kappa shape index (κ2) is 10.2. The Hall–Kier alpha value is -1.89. The summed E-state index contributed by atoms with van der Waals surface area (Å²) in [6.45, 7) is 5.26. The van der Waals surface area contributed by atoms with E-state index < -0.39 is 0 Å². The van der Waals surface area contributed by atoms with E-state index in [9.17, 15) is 14.4 Å². The number of likely N-dealkylation sites (tertiary alicyclic amines) is 1. The maximum absolute atomic E-state index is 12.4. The molecular formula is C22H33N3O3S. The standard InChI is InChI=1S/C22H33N3O3S/c1-15-14-19(16(2)29-15)20(26)8-9-21(27)23-18-10-12-25(13-11-18)22(28)24-17-6-4-3-5-7-17/h14,17-18H,3-13H2,1-2H3,(H,23,27)(H,24,28). The summed E-state index contributed by atoms with van der Waals surface area (Å²) in [4.78, 5) is 41.0. The van der Waals surface area contributed by atoms with Gasteiger partial charge in [-0.3, -0.25) is 9.59 Å². The largest absolute Gasteiger partial charge is 0.353 e. The van der Waals surface area contributed by atoms with Gasteiger partial charge >= 0.3 is 6.03 Å². The van der Waals surface area contributed by atoms with E-state index in [1.54, 1.807) is 11.3 Å². The Bertz CT molecular complexity index is 732. The van der Waals surface area contributed by atoms with Gasteiger partial charge in [-0.25, -0.2) is 4.79 Å². The molecule has 2 aliphatic rings. The number of nitrogens with one attached hydrogen (secondary N) is 2. The van der Waals surface area contributed by atoms with Crippen LogP contribution < -0.4 is 10.6 Å². The second-order valence-corrected chi connectivity index (χ2v) is 9.82. The molecule has 1 aliphatic heterocycles. The number of carbonyl (C=O) groups excluding carboxylic acids is 3. The van der Waals surface area contributed by atoms with Crippen LogP contribution in [-0.4, -0.2) is 47.8 Å². The number of amides is 3. The fourth-order valence-electron chi connectivity index (χ4n) is 4.31. The molecule has 0 bridgehead atoms. The third kappa shape index (κ3) is 6.29. The van der Waals surface area contributed by atoms with Gasteiger partial charge in [-0.2, -0.15) is 0 Å². The predicted molar refractivity (Wildman–Crippen MR) is 115 cm³/mol. The Morgan fingerprint density at radius 2 is 1.62 bits per heavy atom. The summed E-state index contributed by atoms with van der Waals surface area (Å²) in [6, 6.07) is 2.35. The van der Waals surface area contributed by atoms with Gasteiger partial charge in [-0.1, -0.05) is 19.3 Å². The van der Waals surface area contributed by atoms with Crippen LogP contribution in [0.3, 0.4) is 0 Å². The van der Waals surface area contributed by atoms with Crippen LogP contribution in [0.1, 0.15) is 77.9 Å². The zero-order valence-electron chi connectivity index (χ0n) is 17.6. The van der Waals surface area contributed by atoms with Crippen LogP contribution in [0.2, 0.25) is 0 Å². The first-order valence-corrected chi connectivity index (χ1v) is 11.7. The summed E-state index contributed by atoms with van der Waals surface area (Å²) < 4.78 is 0. The average molecular weight is 420 g/mol. The lowest BCUT2D eigenvalue weighted by Gasteiger charge is -2.34. The van der Waals surface area contributed by atoms with Crippen LogP contribution in [0.25, 0.3) is 0 Å². The van der Waals surface area contributed by atoms with Crippen molar-refractivity contribution in [2.24, 2.45) is 0 Å². The first kappa shape index (κ1) is 21.8. The molecule has 2 heterocycles. The summed E-state index contributed by atoms with van der Waals surface area (Å²) >= 11 is 1.61. The zero-order chi connectivity index (χ0) is 20.8. The van der Waals surface area contributed by atoms with Crippen molar-refractivity contribution in [2.45, 2.75) is 83.7 Å². The number of nitrogens with zero attached hydrogens (tertiary/aromatic N) is 1. The number of ketones is 1. The van der Waals surface area contributed by atoms with Crippen molar-refractivity contribution in [1.82, 2.24) is 15.5 Å². The number of urea groups is 1. The normalized spacial score (nSPS) is 18.5. The molecule has 2 N–H and O–H groups in total. The van der Waals surface area contributed by atoms with Crippen molar-refractivity contribution in [3.63, 3.8) is 0 Å². The number of rotatable bonds is 6. The lowest BCUT2D eigenvalue weighted by Crippen LogP contribution is -2.51. The molecule has 29 heavy (non-hydrogen) atoms. The second-order valence-electron chi connectivity index (χ2n) is 8.36. The van der Waals surface area contributed by atoms with Crippen molar-refractivity contribution in [3.8, 4) is 0 Å². The van der Waals surface area contributed by atoms with E-state index in [1.165, 1.54) is 19.3 Å². The van der Waals surface area contributed by atoms with E-state index in [2.05, 4.69) is 10.6 Å². The molecule has 7 heteroatoms. The maximum atomic E-state index is 12.4. The summed E-state index contributed by atoms with van der Waals surface area (Å²) in [6.07, 6.45) is 7.83. The van der Waals surface area contributed by atoms with Gasteiger partial charge in [0.15, 0.2) is 5.78 Å². The molecule has 1 saturated heterocycles. The predicted octanol–water partition coefficient (Wildman–Crippen LogP) is 3.95. The molecule has 1 aromatic rings. The van der Waals surface area contributed by atoms with Crippen LogP contribution in [0, 0.1) is 13.8 Å². The molecule has 2 fully saturated rings. The molecule has 0 radical (unpaired) electrons. The SMILES string of the molecule is Cc1cc(C(=O)CCC(=O)NC2CCN(C(=O)NC3CCCCC3)CC2)c(C)s1. The average Bonchev–Trinajstić information content (AvgIpc) is 3.05. The lowest BCUT2D eigenvalue weighted by molar-refractivity contribution is -0.122. The molecule has 1 aliphatic carbocycles. The molecular weight excluding hydrogens is 386 g/mol. The Morgan fingerprint density at radius 1 is 0.966 bits per heavy atom. The van der Waals surface area contributed by atoms with Crippen molar-refractivity contribution in [1.29, 1.82) is 0 Å². The van der Waals surface area contributed by atoms with Crippen molar-refractivity contribution < 1.29 is 14.4 Å². The molecule has 1 aromatic heterocycles. The Morgan fingerprint density at radius 3 is 2.24 bits per heavy atom. The van der Waals surface area contributed by atoms with Crippen LogP contribution in [0.15, 0.2) is 6.07 Å². The molecule has 3 amide bonds. The first-order chi connectivity index (χ1) is 13.9. The van der Waals surface area contributed by atoms with Gasteiger partial charge in [0, 0.05) is 53.3 Å². The lowest BCUT2D eigenvalue weighted by atomic mass is 9.95. The van der Waals surface area contributed by atoms with Crippen molar-refractivity contribution in [3.05, 3.63) is 21.4 Å². The zero-order valence-corrected chi connectivity index (χ0v) is 18.4. The third-order valence-corrected chi connectivity index (χ3v) is 6.97. The fourth-order valence-corrected chi connectivity index (χ4v) is 5.25. The highest BCUT2D eigenvalue weighted by Crippen LogP contribution is 2.22. The highest BCUT2D eigenvalue weighted by Gasteiger charge is 2.26. The van der Waals surface area contributed by atoms with Gasteiger partial charge in [0.2, 0.25) is 5.91 Å². The number of thiophene rings is 1. The number of carbonyl (C=O) groups is 3. The maximum Gasteiger partial charge on any atom is 0.317 e. The topological polar surface area (TPSA) is 78.5 Å². The highest BCUT2D eigenvalue weighted by molar-refractivity contribution is 7.12. The molecule has 6 nitrogen and oxygen atoms in total. The quantitative estimate of drug-likeness (QED) is 0.685. The van der Waals surface area contributed by atoms with Gasteiger partial charge in [0.05, 0.1) is 0 Å². The monoisotopic (exact) mass is 419 g/mol. The van der Waals surface area contributed by atoms with Gasteiger partial charge in [-0.05, 0) is 45.6 Å². The van der Waals surface area contributed by atoms with Crippen molar-refractivity contribution in [2.75, 3.05) is 13.1 Å². The number of aryl methyl sites for hydroxylation is 2. The van der Waals surface area contributed by atoms with E-state index in [0.29, 0.717) is 19.1 Å². The summed E-state index contributed by atoms with van der Waals surface area (Å²) in [5.41, 5.74) is 0.748. The summed E-state index contributed by atoms with van der Waals surface area (Å²) in [7, 11) is 0. The summed E-state index contributed by atoms with van der Waals surface area (Å²) in [5.74, 6) is -0.0377. The van der Waals surface area contributed by atoms with Gasteiger partial charge in [-0.15, -0.1) is 11.3 Å². The third-order valence-electron chi connectivity index (χ3n) is 6.00. The van der Waals surface area contributed by atoms with Gasteiger partial charge < -0.3 is 15.5 Å². The van der Waals surface area contributed by atoms with E-state index in [-0.39, 0.29) is 36.6 Å². The van der Waals surface area contributed by atoms with Crippen LogP contribution in [0.5, 0.6) is 0 Å². The van der Waals surface area contributed by atoms with Gasteiger partial charge in [0.1, 0.15) is 0 Å². The fraction of sp³-hybridized carbons (Fsp3) is 0.682. The molecule has 1 saturated carbocycles. The Labute approximate surface area is 177 Å². The molecule has 3 rings (SSSR count). The minimum absolute atomic E-state index is 0.0358. The number of hydrogen-bond acceptors (Lipinski definition) is 4. The first-order valence-electron chi connectivity index (χ1n) is 10.9. The van der Waals surface area contributed by atoms with Gasteiger partial charge in [0.25, 0.3) is 0 Å². The van der Waals surface area contributed by atoms with E-state index in [0.717, 1.165) is 41.0 Å². The Kier molecular flexibility index (Phi) is 7.70. The number of hydrogen-bond donors (Lipinski definition) is 2. The molecule has 0 unspecified atom stereocenters. The smallest absolute Gasteiger partial charge is 0.317 e. The van der Waals surface area contributed by atoms with E-state index in [1.807, 2.05) is 24.8 Å². The van der Waals surface area contributed by atoms with E-state index in [4.69, 9.17) is 0 Å². The van der Waals surface area contributed by atoms with Crippen LogP contribution >= 0.6 is 11.3 Å². The minimum atomic E-state index is -0.0759. The van der Waals surface area contributed by atoms with Crippen LogP contribution in [0.4, 0.5) is 4.79 Å². The Balaban J connectivity index is 1.35. The number of Topliss-reactive ketones (excluding diaryl/α,β-unsaturated/α-hetero) is 1.